The van der Waals surface area contributed by atoms with Crippen LogP contribution in [0.2, 0.25) is 0 Å². The van der Waals surface area contributed by atoms with Crippen molar-refractivity contribution in [1.29, 1.82) is 0 Å². The van der Waals surface area contributed by atoms with Crippen LogP contribution in [0.1, 0.15) is 29.8 Å². The Morgan fingerprint density at radius 1 is 1.40 bits per heavy atom. The summed E-state index contributed by atoms with van der Waals surface area (Å²) in [6, 6.07) is 5.43. The number of nitrogens with zero attached hydrogens (tertiary/aromatic N) is 3. The highest BCUT2D eigenvalue weighted by molar-refractivity contribution is 5.92. The summed E-state index contributed by atoms with van der Waals surface area (Å²) in [7, 11) is 0. The van der Waals surface area contributed by atoms with Crippen molar-refractivity contribution >= 4 is 5.91 Å². The first-order chi connectivity index (χ1) is 12.3. The topological polar surface area (TPSA) is 69.7 Å². The summed E-state index contributed by atoms with van der Waals surface area (Å²) in [5, 5.41) is 4.19. The van der Waals surface area contributed by atoms with Gasteiger partial charge in [-0.15, -0.1) is 0 Å². The first kappa shape index (κ1) is 16.4. The lowest BCUT2D eigenvalue weighted by Crippen LogP contribution is -2.43. The first-order valence-corrected chi connectivity index (χ1v) is 8.88. The zero-order valence-electron chi connectivity index (χ0n) is 14.1. The lowest BCUT2D eigenvalue weighted by atomic mass is 10.0. The van der Waals surface area contributed by atoms with Crippen molar-refractivity contribution in [3.05, 3.63) is 42.6 Å². The minimum Gasteiger partial charge on any atom is -0.459 e. The van der Waals surface area contributed by atoms with E-state index in [-0.39, 0.29) is 24.2 Å². The normalized spacial score (nSPS) is 25.9. The van der Waals surface area contributed by atoms with E-state index in [9.17, 15) is 4.79 Å². The quantitative estimate of drug-likeness (QED) is 0.749. The summed E-state index contributed by atoms with van der Waals surface area (Å²) in [6.45, 7) is 2.73. The summed E-state index contributed by atoms with van der Waals surface area (Å²) >= 11 is 0. The molecule has 0 aliphatic carbocycles. The average molecular weight is 345 g/mol. The third-order valence-electron chi connectivity index (χ3n) is 4.89. The van der Waals surface area contributed by atoms with Gasteiger partial charge in [0.2, 0.25) is 0 Å². The van der Waals surface area contributed by atoms with Gasteiger partial charge in [-0.05, 0) is 37.5 Å². The predicted octanol–water partition coefficient (Wildman–Crippen LogP) is 1.95. The van der Waals surface area contributed by atoms with Gasteiger partial charge in [-0.2, -0.15) is 5.10 Å². The van der Waals surface area contributed by atoms with Crippen molar-refractivity contribution in [1.82, 2.24) is 14.7 Å². The molecule has 134 valence electrons. The molecule has 7 nitrogen and oxygen atoms in total. The molecule has 2 saturated heterocycles. The number of carbonyl (C=O) groups is 1. The lowest BCUT2D eigenvalue weighted by Gasteiger charge is -2.31. The summed E-state index contributed by atoms with van der Waals surface area (Å²) in [5.41, 5.74) is 0. The Hall–Kier alpha value is -2.12. The standard InChI is InChI=1S/C18H23N3O4/c22-18(15-6-2-10-23-15)21-13-16(17-14(21)5-1-11-25-17)24-12-4-9-20-8-3-7-19-20/h2-3,6-8,10,14,16-17H,1,4-5,9,11-13H2/t14-,16+,17+/m1/s1. The van der Waals surface area contributed by atoms with Crippen LogP contribution >= 0.6 is 0 Å². The van der Waals surface area contributed by atoms with Crippen LogP contribution in [-0.4, -0.2) is 58.6 Å². The van der Waals surface area contributed by atoms with E-state index in [1.54, 1.807) is 18.3 Å². The van der Waals surface area contributed by atoms with Gasteiger partial charge in [0, 0.05) is 32.2 Å². The molecule has 2 aromatic heterocycles. The SMILES string of the molecule is O=C(c1ccco1)N1C[C@H](OCCCn2cccn2)[C@H]2OCCC[C@H]21. The first-order valence-electron chi connectivity index (χ1n) is 8.88. The number of aromatic nitrogens is 2. The molecule has 0 saturated carbocycles. The zero-order chi connectivity index (χ0) is 17.1. The molecular formula is C18H23N3O4. The van der Waals surface area contributed by atoms with Crippen molar-refractivity contribution in [3.8, 4) is 0 Å². The highest BCUT2D eigenvalue weighted by atomic mass is 16.5. The molecule has 4 rings (SSSR count). The Morgan fingerprint density at radius 2 is 2.36 bits per heavy atom. The van der Waals surface area contributed by atoms with Crippen LogP contribution in [0, 0.1) is 0 Å². The van der Waals surface area contributed by atoms with E-state index in [1.165, 1.54) is 6.26 Å². The third kappa shape index (κ3) is 3.48. The summed E-state index contributed by atoms with van der Waals surface area (Å²) in [6.07, 6.45) is 7.91. The van der Waals surface area contributed by atoms with Crippen molar-refractivity contribution in [3.63, 3.8) is 0 Å². The maximum atomic E-state index is 12.7. The van der Waals surface area contributed by atoms with E-state index in [2.05, 4.69) is 5.10 Å². The summed E-state index contributed by atoms with van der Waals surface area (Å²) in [5.74, 6) is 0.303. The maximum Gasteiger partial charge on any atom is 0.289 e. The van der Waals surface area contributed by atoms with Crippen molar-refractivity contribution in [2.75, 3.05) is 19.8 Å². The molecule has 4 heterocycles. The fourth-order valence-electron chi connectivity index (χ4n) is 3.73. The lowest BCUT2D eigenvalue weighted by molar-refractivity contribution is -0.0770. The van der Waals surface area contributed by atoms with Crippen LogP contribution in [0.15, 0.2) is 41.3 Å². The van der Waals surface area contributed by atoms with Crippen LogP contribution in [0.25, 0.3) is 0 Å². The molecule has 7 heteroatoms. The van der Waals surface area contributed by atoms with Gasteiger partial charge in [-0.3, -0.25) is 9.48 Å². The molecule has 1 amide bonds. The zero-order valence-corrected chi connectivity index (χ0v) is 14.1. The van der Waals surface area contributed by atoms with E-state index in [0.29, 0.717) is 18.9 Å². The second-order valence-electron chi connectivity index (χ2n) is 6.51. The molecule has 2 aliphatic heterocycles. The molecule has 0 aromatic carbocycles. The Bertz CT molecular complexity index is 671. The van der Waals surface area contributed by atoms with Gasteiger partial charge >= 0.3 is 0 Å². The molecule has 2 fully saturated rings. The molecule has 0 N–H and O–H groups in total. The van der Waals surface area contributed by atoms with Crippen LogP contribution in [0.5, 0.6) is 0 Å². The largest absolute Gasteiger partial charge is 0.459 e. The minimum atomic E-state index is -0.0816. The van der Waals surface area contributed by atoms with E-state index in [1.807, 2.05) is 21.8 Å². The van der Waals surface area contributed by atoms with E-state index < -0.39 is 0 Å². The molecular weight excluding hydrogens is 322 g/mol. The number of ether oxygens (including phenoxy) is 2. The van der Waals surface area contributed by atoms with Gasteiger partial charge in [0.25, 0.3) is 5.91 Å². The molecule has 0 unspecified atom stereocenters. The molecule has 0 spiro atoms. The smallest absolute Gasteiger partial charge is 0.289 e. The fraction of sp³-hybridized carbons (Fsp3) is 0.556. The van der Waals surface area contributed by atoms with Crippen LogP contribution in [-0.2, 0) is 16.0 Å². The number of hydrogen-bond donors (Lipinski definition) is 0. The summed E-state index contributed by atoms with van der Waals surface area (Å²) in [4.78, 5) is 14.6. The van der Waals surface area contributed by atoms with Crippen LogP contribution in [0.3, 0.4) is 0 Å². The van der Waals surface area contributed by atoms with Crippen LogP contribution in [0.4, 0.5) is 0 Å². The van der Waals surface area contributed by atoms with Gasteiger partial charge in [-0.1, -0.05) is 0 Å². The molecule has 0 radical (unpaired) electrons. The number of furan rings is 1. The second kappa shape index (κ2) is 7.41. The molecule has 3 atom stereocenters. The van der Waals surface area contributed by atoms with Gasteiger partial charge in [0.15, 0.2) is 5.76 Å². The fourth-order valence-corrected chi connectivity index (χ4v) is 3.73. The molecule has 2 aromatic rings. The Kier molecular flexibility index (Phi) is 4.85. The minimum absolute atomic E-state index is 0.0441. The van der Waals surface area contributed by atoms with Crippen molar-refractivity contribution in [2.45, 2.75) is 44.1 Å². The second-order valence-corrected chi connectivity index (χ2v) is 6.51. The van der Waals surface area contributed by atoms with Crippen molar-refractivity contribution in [2.24, 2.45) is 0 Å². The Morgan fingerprint density at radius 3 is 3.16 bits per heavy atom. The number of rotatable bonds is 6. The third-order valence-corrected chi connectivity index (χ3v) is 4.89. The number of carbonyl (C=O) groups excluding carboxylic acids is 1. The van der Waals surface area contributed by atoms with E-state index in [0.717, 1.165) is 32.4 Å². The highest BCUT2D eigenvalue weighted by Gasteiger charge is 2.47. The number of hydrogen-bond acceptors (Lipinski definition) is 5. The van der Waals surface area contributed by atoms with Gasteiger partial charge in [0.05, 0.1) is 18.8 Å². The molecule has 2 aliphatic rings. The Labute approximate surface area is 146 Å². The maximum absolute atomic E-state index is 12.7. The van der Waals surface area contributed by atoms with E-state index in [4.69, 9.17) is 13.9 Å². The number of aryl methyl sites for hydroxylation is 1. The predicted molar refractivity (Wildman–Crippen MR) is 89.1 cm³/mol. The van der Waals surface area contributed by atoms with Gasteiger partial charge in [0.1, 0.15) is 12.2 Å². The molecule has 0 bridgehead atoms. The van der Waals surface area contributed by atoms with Gasteiger partial charge < -0.3 is 18.8 Å². The number of amides is 1. The van der Waals surface area contributed by atoms with Gasteiger partial charge in [-0.25, -0.2) is 0 Å². The monoisotopic (exact) mass is 345 g/mol. The molecule has 25 heavy (non-hydrogen) atoms. The number of fused-ring (bicyclic) bond motifs is 1. The highest BCUT2D eigenvalue weighted by Crippen LogP contribution is 2.32. The number of likely N-dealkylation sites (tertiary alicyclic amines) is 1. The van der Waals surface area contributed by atoms with Crippen molar-refractivity contribution < 1.29 is 18.7 Å². The summed E-state index contributed by atoms with van der Waals surface area (Å²) < 4.78 is 19.2. The Balaban J connectivity index is 1.36. The van der Waals surface area contributed by atoms with Crippen LogP contribution < -0.4 is 0 Å². The van der Waals surface area contributed by atoms with E-state index >= 15 is 0 Å². The average Bonchev–Trinajstić information content (AvgIpc) is 3.39.